The van der Waals surface area contributed by atoms with Crippen LogP contribution in [0.3, 0.4) is 0 Å². The van der Waals surface area contributed by atoms with E-state index in [1.807, 2.05) is 6.07 Å². The van der Waals surface area contributed by atoms with Gasteiger partial charge in [0.25, 0.3) is 0 Å². The van der Waals surface area contributed by atoms with Crippen LogP contribution in [0.1, 0.15) is 10.4 Å². The molecule has 0 fully saturated rings. The summed E-state index contributed by atoms with van der Waals surface area (Å²) in [6.45, 7) is 0. The summed E-state index contributed by atoms with van der Waals surface area (Å²) in [5.74, 6) is 0.744. The number of methoxy groups -OCH3 is 2. The van der Waals surface area contributed by atoms with E-state index >= 15 is 0 Å². The molecule has 3 aromatic rings. The van der Waals surface area contributed by atoms with Crippen LogP contribution >= 0.6 is 0 Å². The van der Waals surface area contributed by atoms with Gasteiger partial charge < -0.3 is 15.2 Å². The first-order valence-corrected chi connectivity index (χ1v) is 6.91. The van der Waals surface area contributed by atoms with E-state index in [0.717, 1.165) is 22.2 Å². The molecule has 0 atom stereocenters. The molecule has 0 spiro atoms. The van der Waals surface area contributed by atoms with E-state index in [1.165, 1.54) is 6.33 Å². The van der Waals surface area contributed by atoms with Crippen LogP contribution in [0.5, 0.6) is 11.5 Å². The minimum atomic E-state index is -0.462. The average Bonchev–Trinajstić information content (AvgIpc) is 2.60. The number of nitrogens with zero attached hydrogens (tertiary/aromatic N) is 2. The van der Waals surface area contributed by atoms with Gasteiger partial charge in [-0.25, -0.2) is 9.97 Å². The van der Waals surface area contributed by atoms with Crippen molar-refractivity contribution in [1.82, 2.24) is 9.97 Å². The van der Waals surface area contributed by atoms with Gasteiger partial charge in [-0.1, -0.05) is 12.1 Å². The Morgan fingerprint density at radius 2 is 1.65 bits per heavy atom. The van der Waals surface area contributed by atoms with Crippen LogP contribution in [-0.2, 0) is 0 Å². The number of primary amides is 1. The highest BCUT2D eigenvalue weighted by atomic mass is 16.5. The largest absolute Gasteiger partial charge is 0.493 e. The molecule has 0 aliphatic heterocycles. The lowest BCUT2D eigenvalue weighted by molar-refractivity contribution is 0.100. The zero-order valence-corrected chi connectivity index (χ0v) is 12.7. The molecule has 0 aliphatic carbocycles. The van der Waals surface area contributed by atoms with Crippen LogP contribution < -0.4 is 15.2 Å². The number of nitrogens with two attached hydrogens (primary N) is 1. The molecule has 23 heavy (non-hydrogen) atoms. The van der Waals surface area contributed by atoms with E-state index < -0.39 is 5.91 Å². The van der Waals surface area contributed by atoms with E-state index in [9.17, 15) is 4.79 Å². The van der Waals surface area contributed by atoms with Gasteiger partial charge in [-0.05, 0) is 18.2 Å². The van der Waals surface area contributed by atoms with Gasteiger partial charge in [0.1, 0.15) is 6.33 Å². The lowest BCUT2D eigenvalue weighted by Crippen LogP contribution is -2.10. The van der Waals surface area contributed by atoms with E-state index in [0.29, 0.717) is 17.1 Å². The molecular weight excluding hydrogens is 294 g/mol. The Kier molecular flexibility index (Phi) is 3.80. The van der Waals surface area contributed by atoms with E-state index in [4.69, 9.17) is 15.2 Å². The molecule has 0 saturated carbocycles. The van der Waals surface area contributed by atoms with Gasteiger partial charge >= 0.3 is 0 Å². The predicted molar refractivity (Wildman–Crippen MR) is 86.6 cm³/mol. The van der Waals surface area contributed by atoms with Crippen molar-refractivity contribution in [3.8, 4) is 22.8 Å². The maximum atomic E-state index is 11.2. The first-order valence-electron chi connectivity index (χ1n) is 6.91. The summed E-state index contributed by atoms with van der Waals surface area (Å²) in [6.07, 6.45) is 1.49. The van der Waals surface area contributed by atoms with E-state index in [1.54, 1.807) is 44.6 Å². The molecule has 2 N–H and O–H groups in total. The Labute approximate surface area is 132 Å². The average molecular weight is 309 g/mol. The fourth-order valence-corrected chi connectivity index (χ4v) is 2.41. The first-order chi connectivity index (χ1) is 11.1. The number of hydrogen-bond acceptors (Lipinski definition) is 5. The fourth-order valence-electron chi connectivity index (χ4n) is 2.41. The monoisotopic (exact) mass is 309 g/mol. The quantitative estimate of drug-likeness (QED) is 0.799. The van der Waals surface area contributed by atoms with Gasteiger partial charge in [-0.2, -0.15) is 0 Å². The van der Waals surface area contributed by atoms with Crippen molar-refractivity contribution in [2.75, 3.05) is 14.2 Å². The van der Waals surface area contributed by atoms with E-state index in [2.05, 4.69) is 9.97 Å². The normalized spacial score (nSPS) is 10.5. The van der Waals surface area contributed by atoms with Crippen molar-refractivity contribution >= 4 is 16.8 Å². The summed E-state index contributed by atoms with van der Waals surface area (Å²) in [4.78, 5) is 19.8. The Hall–Kier alpha value is -3.15. The van der Waals surface area contributed by atoms with Gasteiger partial charge in [0.05, 0.1) is 25.4 Å². The summed E-state index contributed by atoms with van der Waals surface area (Å²) < 4.78 is 10.6. The number of carbonyl (C=O) groups excluding carboxylic acids is 1. The maximum Gasteiger partial charge on any atom is 0.248 e. The summed E-state index contributed by atoms with van der Waals surface area (Å²) in [6, 6.07) is 10.6. The molecule has 6 nitrogen and oxygen atoms in total. The van der Waals surface area contributed by atoms with Crippen LogP contribution in [0.4, 0.5) is 0 Å². The second-order valence-corrected chi connectivity index (χ2v) is 4.89. The number of hydrogen-bond donors (Lipinski definition) is 1. The van der Waals surface area contributed by atoms with Gasteiger partial charge in [0.2, 0.25) is 5.91 Å². The lowest BCUT2D eigenvalue weighted by Gasteiger charge is -2.11. The smallest absolute Gasteiger partial charge is 0.248 e. The Bertz CT molecular complexity index is 876. The third kappa shape index (κ3) is 2.66. The zero-order valence-electron chi connectivity index (χ0n) is 12.7. The van der Waals surface area contributed by atoms with Gasteiger partial charge in [-0.3, -0.25) is 4.79 Å². The Balaban J connectivity index is 2.19. The molecule has 0 bridgehead atoms. The van der Waals surface area contributed by atoms with Crippen LogP contribution in [0.15, 0.2) is 42.7 Å². The molecule has 0 radical (unpaired) electrons. The standard InChI is InChI=1S/C17H15N3O3/c1-22-14-7-12-13(8-15(14)23-2)19-9-20-16(12)10-3-5-11(6-4-10)17(18)21/h3-9H,1-2H3,(H2,18,21). The second kappa shape index (κ2) is 5.92. The molecule has 1 amide bonds. The third-order valence-electron chi connectivity index (χ3n) is 3.58. The minimum Gasteiger partial charge on any atom is -0.493 e. The predicted octanol–water partition coefficient (Wildman–Crippen LogP) is 2.41. The molecule has 0 aliphatic rings. The van der Waals surface area contributed by atoms with Crippen molar-refractivity contribution in [3.05, 3.63) is 48.3 Å². The fraction of sp³-hybridized carbons (Fsp3) is 0.118. The lowest BCUT2D eigenvalue weighted by atomic mass is 10.0. The number of amides is 1. The van der Waals surface area contributed by atoms with Gasteiger partial charge in [0.15, 0.2) is 11.5 Å². The molecule has 0 unspecified atom stereocenters. The molecular formula is C17H15N3O3. The highest BCUT2D eigenvalue weighted by molar-refractivity contribution is 5.96. The number of fused-ring (bicyclic) bond motifs is 1. The molecule has 1 aromatic heterocycles. The Morgan fingerprint density at radius 1 is 1.00 bits per heavy atom. The van der Waals surface area contributed by atoms with Crippen LogP contribution in [0, 0.1) is 0 Å². The third-order valence-corrected chi connectivity index (χ3v) is 3.58. The second-order valence-electron chi connectivity index (χ2n) is 4.89. The molecule has 2 aromatic carbocycles. The summed E-state index contributed by atoms with van der Waals surface area (Å²) in [5.41, 5.74) is 8.06. The first kappa shape index (κ1) is 14.8. The molecule has 1 heterocycles. The summed E-state index contributed by atoms with van der Waals surface area (Å²) in [5, 5.41) is 0.831. The molecule has 116 valence electrons. The summed E-state index contributed by atoms with van der Waals surface area (Å²) >= 11 is 0. The number of benzene rings is 2. The zero-order chi connectivity index (χ0) is 16.4. The van der Waals surface area contributed by atoms with Gasteiger partial charge in [0, 0.05) is 22.6 Å². The van der Waals surface area contributed by atoms with Gasteiger partial charge in [-0.15, -0.1) is 0 Å². The molecule has 6 heteroatoms. The van der Waals surface area contributed by atoms with Crippen molar-refractivity contribution in [1.29, 1.82) is 0 Å². The topological polar surface area (TPSA) is 87.3 Å². The number of carbonyl (C=O) groups is 1. The highest BCUT2D eigenvalue weighted by Gasteiger charge is 2.12. The van der Waals surface area contributed by atoms with E-state index in [-0.39, 0.29) is 0 Å². The van der Waals surface area contributed by atoms with Crippen LogP contribution in [0.2, 0.25) is 0 Å². The molecule has 3 rings (SSSR count). The minimum absolute atomic E-state index is 0.450. The maximum absolute atomic E-state index is 11.2. The SMILES string of the molecule is COc1cc2ncnc(-c3ccc(C(N)=O)cc3)c2cc1OC. The van der Waals surface area contributed by atoms with Crippen molar-refractivity contribution in [2.24, 2.45) is 5.73 Å². The van der Waals surface area contributed by atoms with Crippen LogP contribution in [0.25, 0.3) is 22.2 Å². The van der Waals surface area contributed by atoms with Crippen LogP contribution in [-0.4, -0.2) is 30.1 Å². The number of rotatable bonds is 4. The summed E-state index contributed by atoms with van der Waals surface area (Å²) in [7, 11) is 3.16. The van der Waals surface area contributed by atoms with Crippen molar-refractivity contribution in [2.45, 2.75) is 0 Å². The number of aromatic nitrogens is 2. The Morgan fingerprint density at radius 3 is 2.26 bits per heavy atom. The van der Waals surface area contributed by atoms with Crippen molar-refractivity contribution in [3.63, 3.8) is 0 Å². The molecule has 0 saturated heterocycles. The highest BCUT2D eigenvalue weighted by Crippen LogP contribution is 2.35. The number of ether oxygens (including phenoxy) is 2. The van der Waals surface area contributed by atoms with Crippen molar-refractivity contribution < 1.29 is 14.3 Å².